The van der Waals surface area contributed by atoms with Gasteiger partial charge in [0.05, 0.1) is 28.1 Å². The molecule has 8 nitrogen and oxygen atoms in total. The van der Waals surface area contributed by atoms with Gasteiger partial charge in [-0.05, 0) is 57.1 Å². The number of aliphatic hydroxyl groups is 1. The van der Waals surface area contributed by atoms with E-state index in [0.29, 0.717) is 49.4 Å². The van der Waals surface area contributed by atoms with Crippen LogP contribution in [0.4, 0.5) is 5.69 Å². The predicted octanol–water partition coefficient (Wildman–Crippen LogP) is 2.65. The van der Waals surface area contributed by atoms with Gasteiger partial charge in [0.25, 0.3) is 0 Å². The normalized spacial score (nSPS) is 31.6. The van der Waals surface area contributed by atoms with Crippen LogP contribution < -0.4 is 10.6 Å². The van der Waals surface area contributed by atoms with Crippen LogP contribution in [0, 0.1) is 18.8 Å². The minimum Gasteiger partial charge on any atom is -0.396 e. The first-order valence-corrected chi connectivity index (χ1v) is 12.5. The summed E-state index contributed by atoms with van der Waals surface area (Å²) in [4.78, 5) is 42.3. The predicted molar refractivity (Wildman–Crippen MR) is 128 cm³/mol. The zero-order chi connectivity index (χ0) is 24.7. The van der Waals surface area contributed by atoms with Crippen LogP contribution in [0.5, 0.6) is 0 Å². The number of unbranched alkanes of at least 4 members (excludes halogenated alkanes) is 2. The first kappa shape index (κ1) is 24.9. The zero-order valence-electron chi connectivity index (χ0n) is 20.0. The SMILES string of the molecule is CC[C@@]12CCC3(O1)C(C(=O)Nc1c(C)cccc1Cl)N(CCCCCO)C(=O)[C@@H]3[C@@H]2C(=O)NC. The highest BCUT2D eigenvalue weighted by molar-refractivity contribution is 6.34. The molecule has 1 aromatic rings. The molecule has 3 aliphatic rings. The second-order valence-corrected chi connectivity index (χ2v) is 10.1. The van der Waals surface area contributed by atoms with Gasteiger partial charge in [-0.25, -0.2) is 0 Å². The average molecular weight is 492 g/mol. The first-order valence-electron chi connectivity index (χ1n) is 12.2. The van der Waals surface area contributed by atoms with Crippen molar-refractivity contribution in [2.45, 2.75) is 69.6 Å². The summed E-state index contributed by atoms with van der Waals surface area (Å²) in [7, 11) is 1.57. The minimum atomic E-state index is -1.06. The number of para-hydroxylation sites is 1. The molecule has 34 heavy (non-hydrogen) atoms. The molecule has 4 rings (SSSR count). The van der Waals surface area contributed by atoms with Gasteiger partial charge in [0.1, 0.15) is 11.6 Å². The lowest BCUT2D eigenvalue weighted by Gasteiger charge is -2.33. The third-order valence-electron chi connectivity index (χ3n) is 7.99. The number of aryl methyl sites for hydroxylation is 1. The van der Waals surface area contributed by atoms with E-state index in [9.17, 15) is 14.4 Å². The smallest absolute Gasteiger partial charge is 0.250 e. The number of nitrogens with one attached hydrogen (secondary N) is 2. The number of fused-ring (bicyclic) bond motifs is 1. The van der Waals surface area contributed by atoms with Crippen LogP contribution in [0.25, 0.3) is 0 Å². The Balaban J connectivity index is 1.73. The van der Waals surface area contributed by atoms with Crippen molar-refractivity contribution in [1.29, 1.82) is 0 Å². The second kappa shape index (κ2) is 9.47. The fourth-order valence-corrected chi connectivity index (χ4v) is 6.63. The van der Waals surface area contributed by atoms with Crippen molar-refractivity contribution < 1.29 is 24.2 Å². The fourth-order valence-electron chi connectivity index (χ4n) is 6.37. The van der Waals surface area contributed by atoms with E-state index in [1.165, 1.54) is 0 Å². The number of ether oxygens (including phenoxy) is 1. The molecule has 0 saturated carbocycles. The lowest BCUT2D eigenvalue weighted by atomic mass is 9.65. The molecular formula is C25H34ClN3O5. The van der Waals surface area contributed by atoms with Crippen molar-refractivity contribution in [3.63, 3.8) is 0 Å². The van der Waals surface area contributed by atoms with Crippen molar-refractivity contribution in [3.05, 3.63) is 28.8 Å². The molecule has 2 bridgehead atoms. The number of benzene rings is 1. The summed E-state index contributed by atoms with van der Waals surface area (Å²) in [5, 5.41) is 15.2. The van der Waals surface area contributed by atoms with Crippen LogP contribution in [0.2, 0.25) is 5.02 Å². The molecule has 5 atom stereocenters. The largest absolute Gasteiger partial charge is 0.396 e. The maximum atomic E-state index is 13.8. The van der Waals surface area contributed by atoms with E-state index in [1.807, 2.05) is 26.0 Å². The van der Waals surface area contributed by atoms with Crippen molar-refractivity contribution in [3.8, 4) is 0 Å². The Hall–Kier alpha value is -2.16. The van der Waals surface area contributed by atoms with Crippen LogP contribution in [0.15, 0.2) is 18.2 Å². The molecule has 3 heterocycles. The highest BCUT2D eigenvalue weighted by Gasteiger charge is 2.78. The molecule has 3 fully saturated rings. The summed E-state index contributed by atoms with van der Waals surface area (Å²) in [5.41, 5.74) is -0.469. The average Bonchev–Trinajstić information content (AvgIpc) is 3.42. The van der Waals surface area contributed by atoms with Crippen molar-refractivity contribution in [2.24, 2.45) is 11.8 Å². The lowest BCUT2D eigenvalue weighted by Crippen LogP contribution is -2.53. The second-order valence-electron chi connectivity index (χ2n) is 9.68. The van der Waals surface area contributed by atoms with E-state index in [-0.39, 0.29) is 24.3 Å². The van der Waals surface area contributed by atoms with Crippen LogP contribution in [0.3, 0.4) is 0 Å². The molecule has 0 radical (unpaired) electrons. The van der Waals surface area contributed by atoms with E-state index in [4.69, 9.17) is 21.4 Å². The van der Waals surface area contributed by atoms with Crippen LogP contribution in [-0.4, -0.2) is 65.2 Å². The van der Waals surface area contributed by atoms with Crippen LogP contribution >= 0.6 is 11.6 Å². The molecule has 3 aliphatic heterocycles. The fraction of sp³-hybridized carbons (Fsp3) is 0.640. The maximum Gasteiger partial charge on any atom is 0.250 e. The number of halogens is 1. The number of carbonyl (C=O) groups excluding carboxylic acids is 3. The van der Waals surface area contributed by atoms with Gasteiger partial charge >= 0.3 is 0 Å². The highest BCUT2D eigenvalue weighted by Crippen LogP contribution is 2.64. The number of aliphatic hydroxyl groups excluding tert-OH is 1. The molecule has 1 spiro atoms. The Kier molecular flexibility index (Phi) is 6.95. The van der Waals surface area contributed by atoms with Crippen molar-refractivity contribution in [1.82, 2.24) is 10.2 Å². The van der Waals surface area contributed by atoms with Gasteiger partial charge in [0, 0.05) is 20.2 Å². The quantitative estimate of drug-likeness (QED) is 0.460. The van der Waals surface area contributed by atoms with E-state index in [2.05, 4.69) is 10.6 Å². The van der Waals surface area contributed by atoms with Gasteiger partial charge < -0.3 is 25.4 Å². The Morgan fingerprint density at radius 1 is 1.24 bits per heavy atom. The summed E-state index contributed by atoms with van der Waals surface area (Å²) >= 11 is 6.38. The standard InChI is InChI=1S/C25H34ClN3O5/c1-4-24-11-12-25(34-24)18(17(24)21(31)27-3)23(33)29(13-6-5-7-14-30)20(25)22(32)28-19-15(2)9-8-10-16(19)26/h8-10,17-18,20,30H,4-7,11-14H2,1-3H3,(H,27,31)(H,28,32)/t17-,18+,20?,24+,25?/m1/s1. The topological polar surface area (TPSA) is 108 Å². The summed E-state index contributed by atoms with van der Waals surface area (Å²) in [6.45, 7) is 4.27. The Bertz CT molecular complexity index is 967. The first-order chi connectivity index (χ1) is 16.3. The van der Waals surface area contributed by atoms with E-state index >= 15 is 0 Å². The zero-order valence-corrected chi connectivity index (χ0v) is 20.8. The molecule has 0 aliphatic carbocycles. The molecule has 3 saturated heterocycles. The number of hydrogen-bond acceptors (Lipinski definition) is 5. The number of likely N-dealkylation sites (tertiary alicyclic amines) is 1. The number of rotatable bonds is 9. The number of amides is 3. The monoisotopic (exact) mass is 491 g/mol. The van der Waals surface area contributed by atoms with Gasteiger partial charge in [-0.3, -0.25) is 14.4 Å². The van der Waals surface area contributed by atoms with E-state index in [0.717, 1.165) is 12.0 Å². The van der Waals surface area contributed by atoms with Crippen molar-refractivity contribution in [2.75, 3.05) is 25.5 Å². The summed E-state index contributed by atoms with van der Waals surface area (Å²) in [5.74, 6) is -2.11. The summed E-state index contributed by atoms with van der Waals surface area (Å²) in [6.07, 6.45) is 3.76. The van der Waals surface area contributed by atoms with Gasteiger partial charge in [0.15, 0.2) is 0 Å². The Labute approximate surface area is 205 Å². The van der Waals surface area contributed by atoms with Gasteiger partial charge in [-0.1, -0.05) is 30.7 Å². The molecule has 3 N–H and O–H groups in total. The third-order valence-corrected chi connectivity index (χ3v) is 8.30. The number of carbonyl (C=O) groups is 3. The maximum absolute atomic E-state index is 13.8. The van der Waals surface area contributed by atoms with Crippen LogP contribution in [0.1, 0.15) is 51.0 Å². The van der Waals surface area contributed by atoms with Gasteiger partial charge in [-0.15, -0.1) is 0 Å². The molecule has 9 heteroatoms. The van der Waals surface area contributed by atoms with Gasteiger partial charge in [-0.2, -0.15) is 0 Å². The van der Waals surface area contributed by atoms with Crippen molar-refractivity contribution >= 4 is 35.0 Å². The molecule has 1 aromatic carbocycles. The van der Waals surface area contributed by atoms with Crippen LogP contribution in [-0.2, 0) is 19.1 Å². The lowest BCUT2D eigenvalue weighted by molar-refractivity contribution is -0.145. The molecule has 3 amide bonds. The van der Waals surface area contributed by atoms with Gasteiger partial charge in [0.2, 0.25) is 17.7 Å². The third kappa shape index (κ3) is 3.71. The Morgan fingerprint density at radius 3 is 2.65 bits per heavy atom. The number of hydrogen-bond donors (Lipinski definition) is 3. The summed E-state index contributed by atoms with van der Waals surface area (Å²) in [6, 6.07) is 4.52. The number of anilines is 1. The molecule has 0 aromatic heterocycles. The number of nitrogens with zero attached hydrogens (tertiary/aromatic N) is 1. The molecule has 186 valence electrons. The summed E-state index contributed by atoms with van der Waals surface area (Å²) < 4.78 is 6.66. The van der Waals surface area contributed by atoms with E-state index in [1.54, 1.807) is 18.0 Å². The highest BCUT2D eigenvalue weighted by atomic mass is 35.5. The molecule has 2 unspecified atom stereocenters. The Morgan fingerprint density at radius 2 is 2.00 bits per heavy atom. The minimum absolute atomic E-state index is 0.0804. The molecular weight excluding hydrogens is 458 g/mol. The van der Waals surface area contributed by atoms with E-state index < -0.39 is 29.1 Å².